The highest BCUT2D eigenvalue weighted by Gasteiger charge is 2.12. The molecule has 0 aliphatic carbocycles. The van der Waals surface area contributed by atoms with Gasteiger partial charge in [0.25, 0.3) is 5.91 Å². The van der Waals surface area contributed by atoms with Crippen LogP contribution in [0.3, 0.4) is 0 Å². The molecule has 0 saturated carbocycles. The van der Waals surface area contributed by atoms with Crippen molar-refractivity contribution in [2.45, 2.75) is 6.92 Å². The number of carbonyl (C=O) groups is 1. The van der Waals surface area contributed by atoms with Gasteiger partial charge >= 0.3 is 0 Å². The minimum absolute atomic E-state index is 0.111. The van der Waals surface area contributed by atoms with Crippen LogP contribution in [0.25, 0.3) is 0 Å². The summed E-state index contributed by atoms with van der Waals surface area (Å²) in [6.07, 6.45) is 0. The molecule has 1 aromatic carbocycles. The van der Waals surface area contributed by atoms with E-state index in [4.69, 9.17) is 27.9 Å². The SMILES string of the molecule is Cc1ccc(OCCNC(=O)c2nc(Cl)ccc2Cl)cc1. The number of nitrogens with zero attached hydrogens (tertiary/aromatic N) is 1. The first-order valence-corrected chi connectivity index (χ1v) is 7.11. The molecule has 2 rings (SSSR count). The monoisotopic (exact) mass is 324 g/mol. The number of hydrogen-bond acceptors (Lipinski definition) is 3. The van der Waals surface area contributed by atoms with Crippen molar-refractivity contribution in [2.24, 2.45) is 0 Å². The Kier molecular flexibility index (Phi) is 5.42. The van der Waals surface area contributed by atoms with Crippen molar-refractivity contribution in [1.29, 1.82) is 0 Å². The number of nitrogens with one attached hydrogen (secondary N) is 1. The van der Waals surface area contributed by atoms with Crippen LogP contribution in [0.5, 0.6) is 5.75 Å². The lowest BCUT2D eigenvalue weighted by Gasteiger charge is -2.08. The number of halogens is 2. The third-order valence-corrected chi connectivity index (χ3v) is 3.22. The van der Waals surface area contributed by atoms with E-state index in [2.05, 4.69) is 10.3 Å². The fourth-order valence-electron chi connectivity index (χ4n) is 1.63. The predicted molar refractivity (Wildman–Crippen MR) is 83.3 cm³/mol. The fourth-order valence-corrected chi connectivity index (χ4v) is 1.97. The average molecular weight is 325 g/mol. The Bertz CT molecular complexity index is 630. The van der Waals surface area contributed by atoms with Crippen LogP contribution < -0.4 is 10.1 Å². The van der Waals surface area contributed by atoms with E-state index >= 15 is 0 Å². The number of carbonyl (C=O) groups excluding carboxylic acids is 1. The lowest BCUT2D eigenvalue weighted by atomic mass is 10.2. The smallest absolute Gasteiger partial charge is 0.271 e. The van der Waals surface area contributed by atoms with E-state index in [-0.39, 0.29) is 21.8 Å². The summed E-state index contributed by atoms with van der Waals surface area (Å²) in [6.45, 7) is 2.70. The summed E-state index contributed by atoms with van der Waals surface area (Å²) in [7, 11) is 0. The number of aromatic nitrogens is 1. The average Bonchev–Trinajstić information content (AvgIpc) is 2.47. The Hall–Kier alpha value is -1.78. The van der Waals surface area contributed by atoms with E-state index in [1.807, 2.05) is 31.2 Å². The molecule has 0 bridgehead atoms. The number of hydrogen-bond donors (Lipinski definition) is 1. The molecule has 0 saturated heterocycles. The third-order valence-electron chi connectivity index (χ3n) is 2.70. The highest BCUT2D eigenvalue weighted by Crippen LogP contribution is 2.16. The molecule has 0 radical (unpaired) electrons. The van der Waals surface area contributed by atoms with Gasteiger partial charge in [-0.1, -0.05) is 40.9 Å². The largest absolute Gasteiger partial charge is 0.492 e. The van der Waals surface area contributed by atoms with Gasteiger partial charge in [-0.3, -0.25) is 4.79 Å². The minimum Gasteiger partial charge on any atom is -0.492 e. The highest BCUT2D eigenvalue weighted by molar-refractivity contribution is 6.34. The number of rotatable bonds is 5. The molecule has 2 aromatic rings. The first kappa shape index (κ1) is 15.6. The van der Waals surface area contributed by atoms with E-state index in [9.17, 15) is 4.79 Å². The Labute approximate surface area is 133 Å². The topological polar surface area (TPSA) is 51.2 Å². The van der Waals surface area contributed by atoms with Crippen LogP contribution in [0.2, 0.25) is 10.2 Å². The summed E-state index contributed by atoms with van der Waals surface area (Å²) < 4.78 is 5.51. The van der Waals surface area contributed by atoms with Crippen molar-refractivity contribution in [2.75, 3.05) is 13.2 Å². The second-order valence-corrected chi connectivity index (χ2v) is 5.18. The van der Waals surface area contributed by atoms with Gasteiger partial charge in [-0.15, -0.1) is 0 Å². The van der Waals surface area contributed by atoms with Crippen LogP contribution in [-0.4, -0.2) is 24.0 Å². The molecule has 0 aliphatic rings. The van der Waals surface area contributed by atoms with Crippen LogP contribution in [-0.2, 0) is 0 Å². The molecule has 0 aliphatic heterocycles. The Morgan fingerprint density at radius 1 is 1.19 bits per heavy atom. The standard InChI is InChI=1S/C15H14Cl2N2O2/c1-10-2-4-11(5-3-10)21-9-8-18-15(20)14-12(16)6-7-13(17)19-14/h2-7H,8-9H2,1H3,(H,18,20). The lowest BCUT2D eigenvalue weighted by Crippen LogP contribution is -2.29. The van der Waals surface area contributed by atoms with Crippen LogP contribution in [0, 0.1) is 6.92 Å². The second-order valence-electron chi connectivity index (χ2n) is 4.38. The lowest BCUT2D eigenvalue weighted by molar-refractivity contribution is 0.0942. The summed E-state index contributed by atoms with van der Waals surface area (Å²) >= 11 is 11.6. The maximum absolute atomic E-state index is 11.9. The summed E-state index contributed by atoms with van der Waals surface area (Å²) in [5, 5.41) is 3.16. The Morgan fingerprint density at radius 2 is 1.90 bits per heavy atom. The Balaban J connectivity index is 1.81. The van der Waals surface area contributed by atoms with E-state index in [0.29, 0.717) is 13.2 Å². The van der Waals surface area contributed by atoms with E-state index in [0.717, 1.165) is 11.3 Å². The van der Waals surface area contributed by atoms with Gasteiger partial charge in [-0.05, 0) is 31.2 Å². The molecule has 1 aromatic heterocycles. The molecule has 1 heterocycles. The first-order valence-electron chi connectivity index (χ1n) is 6.36. The third kappa shape index (κ3) is 4.62. The normalized spacial score (nSPS) is 10.2. The molecule has 0 fully saturated rings. The van der Waals surface area contributed by atoms with Crippen LogP contribution in [0.1, 0.15) is 16.1 Å². The van der Waals surface area contributed by atoms with Gasteiger partial charge in [0.05, 0.1) is 11.6 Å². The molecular formula is C15H14Cl2N2O2. The molecule has 0 unspecified atom stereocenters. The van der Waals surface area contributed by atoms with Crippen molar-refractivity contribution in [3.05, 3.63) is 57.8 Å². The number of ether oxygens (including phenoxy) is 1. The van der Waals surface area contributed by atoms with Gasteiger partial charge < -0.3 is 10.1 Å². The quantitative estimate of drug-likeness (QED) is 0.676. The molecule has 1 N–H and O–H groups in total. The van der Waals surface area contributed by atoms with Gasteiger partial charge in [0.1, 0.15) is 23.2 Å². The molecular weight excluding hydrogens is 311 g/mol. The van der Waals surface area contributed by atoms with Crippen molar-refractivity contribution in [1.82, 2.24) is 10.3 Å². The summed E-state index contributed by atoms with van der Waals surface area (Å²) in [5.74, 6) is 0.378. The predicted octanol–water partition coefficient (Wildman–Crippen LogP) is 3.51. The molecule has 110 valence electrons. The zero-order valence-corrected chi connectivity index (χ0v) is 12.9. The Morgan fingerprint density at radius 3 is 2.62 bits per heavy atom. The number of amides is 1. The van der Waals surface area contributed by atoms with Gasteiger partial charge in [0, 0.05) is 0 Å². The molecule has 6 heteroatoms. The minimum atomic E-state index is -0.380. The first-order chi connectivity index (χ1) is 10.1. The van der Waals surface area contributed by atoms with Crippen molar-refractivity contribution < 1.29 is 9.53 Å². The van der Waals surface area contributed by atoms with Crippen LogP contribution in [0.4, 0.5) is 0 Å². The van der Waals surface area contributed by atoms with E-state index in [1.54, 1.807) is 0 Å². The molecule has 4 nitrogen and oxygen atoms in total. The van der Waals surface area contributed by atoms with Crippen molar-refractivity contribution in [3.8, 4) is 5.75 Å². The fraction of sp³-hybridized carbons (Fsp3) is 0.200. The van der Waals surface area contributed by atoms with Gasteiger partial charge in [0.2, 0.25) is 0 Å². The van der Waals surface area contributed by atoms with Gasteiger partial charge in [-0.2, -0.15) is 0 Å². The number of aryl methyl sites for hydroxylation is 1. The van der Waals surface area contributed by atoms with Crippen molar-refractivity contribution in [3.63, 3.8) is 0 Å². The van der Waals surface area contributed by atoms with Gasteiger partial charge in [-0.25, -0.2) is 4.98 Å². The molecule has 21 heavy (non-hydrogen) atoms. The summed E-state index contributed by atoms with van der Waals surface area (Å²) in [4.78, 5) is 15.8. The maximum Gasteiger partial charge on any atom is 0.271 e. The number of pyridine rings is 1. The van der Waals surface area contributed by atoms with Crippen molar-refractivity contribution >= 4 is 29.1 Å². The van der Waals surface area contributed by atoms with E-state index < -0.39 is 0 Å². The summed E-state index contributed by atoms with van der Waals surface area (Å²) in [6, 6.07) is 10.8. The number of benzene rings is 1. The zero-order chi connectivity index (χ0) is 15.2. The summed E-state index contributed by atoms with van der Waals surface area (Å²) in [5.41, 5.74) is 1.27. The molecule has 0 spiro atoms. The zero-order valence-electron chi connectivity index (χ0n) is 11.4. The molecule has 0 atom stereocenters. The van der Waals surface area contributed by atoms with Gasteiger partial charge in [0.15, 0.2) is 0 Å². The second kappa shape index (κ2) is 7.29. The van der Waals surface area contributed by atoms with Crippen LogP contribution in [0.15, 0.2) is 36.4 Å². The molecule has 1 amide bonds. The van der Waals surface area contributed by atoms with Crippen LogP contribution >= 0.6 is 23.2 Å². The maximum atomic E-state index is 11.9. The van der Waals surface area contributed by atoms with E-state index in [1.165, 1.54) is 12.1 Å². The highest BCUT2D eigenvalue weighted by atomic mass is 35.5.